The largest absolute Gasteiger partial charge is 0.481 e. The van der Waals surface area contributed by atoms with Crippen molar-refractivity contribution in [1.29, 1.82) is 0 Å². The van der Waals surface area contributed by atoms with E-state index in [1.807, 2.05) is 6.92 Å². The van der Waals surface area contributed by atoms with Crippen molar-refractivity contribution in [2.45, 2.75) is 104 Å². The van der Waals surface area contributed by atoms with Gasteiger partial charge in [0.2, 0.25) is 0 Å². The third kappa shape index (κ3) is 4.52. The van der Waals surface area contributed by atoms with Gasteiger partial charge in [-0.3, -0.25) is 9.59 Å². The van der Waals surface area contributed by atoms with Gasteiger partial charge in [-0.2, -0.15) is 0 Å². The second-order valence-corrected chi connectivity index (χ2v) is 7.60. The lowest BCUT2D eigenvalue weighted by Crippen LogP contribution is -2.54. The first kappa shape index (κ1) is 21.0. The Kier molecular flexibility index (Phi) is 8.79. The summed E-state index contributed by atoms with van der Waals surface area (Å²) in [5, 5.41) is 20.0. The maximum atomic E-state index is 12.2. The fourth-order valence-corrected chi connectivity index (χ4v) is 4.71. The molecule has 0 amide bonds. The lowest BCUT2D eigenvalue weighted by atomic mass is 9.52. The maximum Gasteiger partial charge on any atom is 0.310 e. The van der Waals surface area contributed by atoms with Crippen LogP contribution in [0.3, 0.4) is 0 Å². The number of rotatable bonds is 12. The minimum atomic E-state index is -1.08. The molecule has 4 nitrogen and oxygen atoms in total. The predicted octanol–water partition coefficient (Wildman–Crippen LogP) is 5.64. The van der Waals surface area contributed by atoms with Gasteiger partial charge in [-0.1, -0.05) is 78.1 Å². The quantitative estimate of drug-likeness (QED) is 0.451. The molecule has 0 saturated heterocycles. The average molecular weight is 341 g/mol. The summed E-state index contributed by atoms with van der Waals surface area (Å²) in [6.07, 6.45) is 12.3. The summed E-state index contributed by atoms with van der Waals surface area (Å²) in [7, 11) is 0. The molecule has 0 aliphatic heterocycles. The van der Waals surface area contributed by atoms with Gasteiger partial charge in [-0.25, -0.2) is 0 Å². The summed E-state index contributed by atoms with van der Waals surface area (Å²) in [5.41, 5.74) is -2.15. The smallest absolute Gasteiger partial charge is 0.310 e. The molecule has 4 heteroatoms. The van der Waals surface area contributed by atoms with Gasteiger partial charge in [-0.15, -0.1) is 0 Å². The van der Waals surface area contributed by atoms with E-state index in [9.17, 15) is 19.8 Å². The van der Waals surface area contributed by atoms with Crippen LogP contribution in [-0.4, -0.2) is 22.2 Å². The Labute approximate surface area is 147 Å². The second-order valence-electron chi connectivity index (χ2n) is 7.60. The summed E-state index contributed by atoms with van der Waals surface area (Å²) in [5.74, 6) is -1.78. The lowest BCUT2D eigenvalue weighted by Gasteiger charge is -2.48. The topological polar surface area (TPSA) is 74.6 Å². The molecule has 1 aliphatic rings. The van der Waals surface area contributed by atoms with Crippen LogP contribution in [0.25, 0.3) is 0 Å². The summed E-state index contributed by atoms with van der Waals surface area (Å²) in [6.45, 7) is 4.15. The van der Waals surface area contributed by atoms with Gasteiger partial charge >= 0.3 is 11.9 Å². The molecule has 0 aromatic carbocycles. The predicted molar refractivity (Wildman–Crippen MR) is 96.1 cm³/mol. The van der Waals surface area contributed by atoms with Crippen LogP contribution >= 0.6 is 0 Å². The molecule has 1 saturated carbocycles. The molecule has 0 aromatic rings. The van der Waals surface area contributed by atoms with Crippen LogP contribution in [0.15, 0.2) is 0 Å². The van der Waals surface area contributed by atoms with Crippen molar-refractivity contribution >= 4 is 11.9 Å². The molecule has 1 rings (SSSR count). The molecular formula is C20H36O4. The van der Waals surface area contributed by atoms with E-state index >= 15 is 0 Å². The third-order valence-corrected chi connectivity index (χ3v) is 6.08. The SMILES string of the molecule is CCCCCCCCCC1(C(=O)O)CCCCC1(CCC)C(=O)O. The molecule has 2 atom stereocenters. The molecule has 0 aromatic heterocycles. The van der Waals surface area contributed by atoms with Gasteiger partial charge < -0.3 is 10.2 Å². The highest BCUT2D eigenvalue weighted by atomic mass is 16.4. The van der Waals surface area contributed by atoms with E-state index in [0.29, 0.717) is 25.7 Å². The van der Waals surface area contributed by atoms with E-state index in [-0.39, 0.29) is 0 Å². The Morgan fingerprint density at radius 3 is 1.62 bits per heavy atom. The monoisotopic (exact) mass is 340 g/mol. The highest BCUT2D eigenvalue weighted by molar-refractivity contribution is 5.87. The van der Waals surface area contributed by atoms with Crippen LogP contribution in [0.1, 0.15) is 104 Å². The van der Waals surface area contributed by atoms with Crippen LogP contribution in [0.5, 0.6) is 0 Å². The van der Waals surface area contributed by atoms with Gasteiger partial charge in [0.1, 0.15) is 0 Å². The van der Waals surface area contributed by atoms with Crippen LogP contribution in [0.4, 0.5) is 0 Å². The molecular weight excluding hydrogens is 304 g/mol. The first-order chi connectivity index (χ1) is 11.5. The number of carboxylic acid groups (broad SMARTS) is 2. The van der Waals surface area contributed by atoms with E-state index in [1.54, 1.807) is 0 Å². The number of aliphatic carboxylic acids is 2. The van der Waals surface area contributed by atoms with Crippen molar-refractivity contribution in [3.63, 3.8) is 0 Å². The van der Waals surface area contributed by atoms with Crippen molar-refractivity contribution in [3.05, 3.63) is 0 Å². The molecule has 140 valence electrons. The summed E-state index contributed by atoms with van der Waals surface area (Å²) in [4.78, 5) is 24.3. The van der Waals surface area contributed by atoms with Gasteiger partial charge in [0.05, 0.1) is 10.8 Å². The van der Waals surface area contributed by atoms with E-state index in [4.69, 9.17) is 0 Å². The van der Waals surface area contributed by atoms with Crippen LogP contribution in [0, 0.1) is 10.8 Å². The fourth-order valence-electron chi connectivity index (χ4n) is 4.71. The number of carboxylic acids is 2. The summed E-state index contributed by atoms with van der Waals surface area (Å²) < 4.78 is 0. The van der Waals surface area contributed by atoms with E-state index < -0.39 is 22.8 Å². The zero-order valence-corrected chi connectivity index (χ0v) is 15.6. The van der Waals surface area contributed by atoms with E-state index in [1.165, 1.54) is 25.7 Å². The number of carbonyl (C=O) groups is 2. The highest BCUT2D eigenvalue weighted by Gasteiger charge is 2.60. The number of hydrogen-bond donors (Lipinski definition) is 2. The van der Waals surface area contributed by atoms with Crippen molar-refractivity contribution < 1.29 is 19.8 Å². The van der Waals surface area contributed by atoms with Gasteiger partial charge in [0, 0.05) is 0 Å². The molecule has 0 radical (unpaired) electrons. The first-order valence-corrected chi connectivity index (χ1v) is 9.93. The average Bonchev–Trinajstić information content (AvgIpc) is 2.55. The highest BCUT2D eigenvalue weighted by Crippen LogP contribution is 2.56. The molecule has 1 aliphatic carbocycles. The Morgan fingerprint density at radius 1 is 0.708 bits per heavy atom. The van der Waals surface area contributed by atoms with E-state index in [2.05, 4.69) is 6.92 Å². The Balaban J connectivity index is 2.79. The normalized spacial score (nSPS) is 27.1. The molecule has 24 heavy (non-hydrogen) atoms. The molecule has 0 heterocycles. The number of hydrogen-bond acceptors (Lipinski definition) is 2. The van der Waals surface area contributed by atoms with Crippen molar-refractivity contribution in [1.82, 2.24) is 0 Å². The first-order valence-electron chi connectivity index (χ1n) is 9.93. The lowest BCUT2D eigenvalue weighted by molar-refractivity contribution is -0.182. The molecule has 2 unspecified atom stereocenters. The van der Waals surface area contributed by atoms with Gasteiger partial charge in [-0.05, 0) is 25.7 Å². The zero-order chi connectivity index (χ0) is 18.1. The van der Waals surface area contributed by atoms with Gasteiger partial charge in [0.25, 0.3) is 0 Å². The maximum absolute atomic E-state index is 12.2. The molecule has 0 bridgehead atoms. The third-order valence-electron chi connectivity index (χ3n) is 6.08. The van der Waals surface area contributed by atoms with Crippen LogP contribution < -0.4 is 0 Å². The summed E-state index contributed by atoms with van der Waals surface area (Å²) >= 11 is 0. The molecule has 2 N–H and O–H groups in total. The second kappa shape index (κ2) is 10.0. The minimum Gasteiger partial charge on any atom is -0.481 e. The van der Waals surface area contributed by atoms with Crippen molar-refractivity contribution in [2.24, 2.45) is 10.8 Å². The Bertz CT molecular complexity index is 402. The summed E-state index contributed by atoms with van der Waals surface area (Å²) in [6, 6.07) is 0. The van der Waals surface area contributed by atoms with Crippen molar-refractivity contribution in [3.8, 4) is 0 Å². The minimum absolute atomic E-state index is 0.477. The van der Waals surface area contributed by atoms with Crippen molar-refractivity contribution in [2.75, 3.05) is 0 Å². The van der Waals surface area contributed by atoms with E-state index in [0.717, 1.165) is 38.5 Å². The van der Waals surface area contributed by atoms with Gasteiger partial charge in [0.15, 0.2) is 0 Å². The fraction of sp³-hybridized carbons (Fsp3) is 0.900. The Hall–Kier alpha value is -1.06. The zero-order valence-electron chi connectivity index (χ0n) is 15.6. The van der Waals surface area contributed by atoms with Crippen LogP contribution in [-0.2, 0) is 9.59 Å². The molecule has 1 fully saturated rings. The standard InChI is InChI=1S/C20H36O4/c1-3-5-6-7-8-9-10-14-20(18(23)24)16-12-11-15-19(20,13-4-2)17(21)22/h3-16H2,1-2H3,(H,21,22)(H,23,24). The Morgan fingerprint density at radius 2 is 1.17 bits per heavy atom. The number of unbranched alkanes of at least 4 members (excludes halogenated alkanes) is 6. The van der Waals surface area contributed by atoms with Crippen LogP contribution in [0.2, 0.25) is 0 Å². The molecule has 0 spiro atoms.